The van der Waals surface area contributed by atoms with E-state index in [1.807, 2.05) is 19.9 Å². The van der Waals surface area contributed by atoms with Crippen LogP contribution >= 0.6 is 11.8 Å². The first-order valence-corrected chi connectivity index (χ1v) is 5.30. The van der Waals surface area contributed by atoms with E-state index in [1.54, 1.807) is 24.9 Å². The molecule has 0 fully saturated rings. The van der Waals surface area contributed by atoms with E-state index in [1.165, 1.54) is 0 Å². The van der Waals surface area contributed by atoms with Gasteiger partial charge in [0, 0.05) is 11.5 Å². The van der Waals surface area contributed by atoms with Gasteiger partial charge in [0.2, 0.25) is 0 Å². The first-order chi connectivity index (χ1) is 6.65. The first-order valence-electron chi connectivity index (χ1n) is 4.32. The molecule has 0 aliphatic carbocycles. The lowest BCUT2D eigenvalue weighted by molar-refractivity contribution is 0.305. The first kappa shape index (κ1) is 13.0. The number of hydrogen-bond acceptors (Lipinski definition) is 3. The van der Waals surface area contributed by atoms with Crippen molar-refractivity contribution < 1.29 is 4.74 Å². The minimum atomic E-state index is 0.707. The van der Waals surface area contributed by atoms with Gasteiger partial charge in [0.1, 0.15) is 10.8 Å². The van der Waals surface area contributed by atoms with Crippen molar-refractivity contribution >= 4 is 17.5 Å². The fourth-order valence-corrected chi connectivity index (χ4v) is 1.59. The van der Waals surface area contributed by atoms with Crippen LogP contribution in [0.3, 0.4) is 0 Å². The molecule has 0 aliphatic heterocycles. The molecule has 0 radical (unpaired) electrons. The zero-order chi connectivity index (χ0) is 11.0. The number of thioether (sulfide) groups is 1. The standard InChI is InChI=1S/C11H17NOS/c1-6-8-14-11(12-9(3)4)10(7-2)13-5/h6-7H,1-2,8H2,3-5H3/b11-10+. The van der Waals surface area contributed by atoms with E-state index in [-0.39, 0.29) is 0 Å². The molecular weight excluding hydrogens is 194 g/mol. The third kappa shape index (κ3) is 4.92. The SMILES string of the molecule is C=CCS/C(N=C(C)C)=C(\C=C)OC. The molecule has 2 nitrogen and oxygen atoms in total. The molecule has 0 saturated carbocycles. The van der Waals surface area contributed by atoms with E-state index in [2.05, 4.69) is 18.2 Å². The van der Waals surface area contributed by atoms with Gasteiger partial charge >= 0.3 is 0 Å². The lowest BCUT2D eigenvalue weighted by atomic mass is 10.5. The average Bonchev–Trinajstić information content (AvgIpc) is 2.15. The van der Waals surface area contributed by atoms with Crippen molar-refractivity contribution in [3.8, 4) is 0 Å². The van der Waals surface area contributed by atoms with Gasteiger partial charge in [-0.3, -0.25) is 0 Å². The number of aliphatic imine (C=N–C) groups is 1. The molecule has 0 amide bonds. The Bertz CT molecular complexity index is 262. The summed E-state index contributed by atoms with van der Waals surface area (Å²) in [5, 5.41) is 0.849. The van der Waals surface area contributed by atoms with Gasteiger partial charge in [0.05, 0.1) is 7.11 Å². The van der Waals surface area contributed by atoms with Gasteiger partial charge in [-0.15, -0.1) is 6.58 Å². The van der Waals surface area contributed by atoms with Crippen molar-refractivity contribution in [2.45, 2.75) is 13.8 Å². The second kappa shape index (κ2) is 7.44. The molecule has 0 aromatic heterocycles. The van der Waals surface area contributed by atoms with Crippen LogP contribution in [-0.4, -0.2) is 18.6 Å². The Morgan fingerprint density at radius 3 is 2.43 bits per heavy atom. The molecule has 0 unspecified atom stereocenters. The fourth-order valence-electron chi connectivity index (χ4n) is 0.757. The number of rotatable bonds is 6. The molecule has 78 valence electrons. The maximum absolute atomic E-state index is 5.16. The van der Waals surface area contributed by atoms with Crippen molar-refractivity contribution in [3.63, 3.8) is 0 Å². The molecule has 0 bridgehead atoms. The number of nitrogens with zero attached hydrogens (tertiary/aromatic N) is 1. The summed E-state index contributed by atoms with van der Waals surface area (Å²) >= 11 is 1.58. The third-order valence-electron chi connectivity index (χ3n) is 1.28. The predicted octanol–water partition coefficient (Wildman–Crippen LogP) is 3.39. The van der Waals surface area contributed by atoms with E-state index in [0.29, 0.717) is 5.76 Å². The quantitative estimate of drug-likeness (QED) is 0.291. The Labute approximate surface area is 90.5 Å². The minimum Gasteiger partial charge on any atom is -0.494 e. The van der Waals surface area contributed by atoms with E-state index in [9.17, 15) is 0 Å². The Morgan fingerprint density at radius 2 is 2.07 bits per heavy atom. The fraction of sp³-hybridized carbons (Fsp3) is 0.364. The zero-order valence-electron chi connectivity index (χ0n) is 9.04. The van der Waals surface area contributed by atoms with Crippen LogP contribution in [0.4, 0.5) is 0 Å². The Hall–Kier alpha value is -0.960. The summed E-state index contributed by atoms with van der Waals surface area (Å²) in [4.78, 5) is 4.37. The summed E-state index contributed by atoms with van der Waals surface area (Å²) in [5.74, 6) is 1.52. The molecule has 0 heterocycles. The molecule has 0 saturated heterocycles. The molecule has 0 aromatic rings. The zero-order valence-corrected chi connectivity index (χ0v) is 9.86. The molecule has 0 rings (SSSR count). The highest BCUT2D eigenvalue weighted by atomic mass is 32.2. The summed E-state index contributed by atoms with van der Waals surface area (Å²) in [7, 11) is 1.62. The van der Waals surface area contributed by atoms with Gasteiger partial charge in [-0.2, -0.15) is 0 Å². The van der Waals surface area contributed by atoms with Crippen LogP contribution in [0.2, 0.25) is 0 Å². The van der Waals surface area contributed by atoms with Gasteiger partial charge in [-0.05, 0) is 19.9 Å². The maximum Gasteiger partial charge on any atom is 0.150 e. The number of allylic oxidation sites excluding steroid dienone is 1. The minimum absolute atomic E-state index is 0.707. The van der Waals surface area contributed by atoms with Crippen LogP contribution in [0.5, 0.6) is 0 Å². The van der Waals surface area contributed by atoms with Crippen LogP contribution < -0.4 is 0 Å². The predicted molar refractivity (Wildman–Crippen MR) is 65.7 cm³/mol. The Kier molecular flexibility index (Phi) is 6.93. The number of ether oxygens (including phenoxy) is 1. The van der Waals surface area contributed by atoms with Crippen LogP contribution in [0.1, 0.15) is 13.8 Å². The van der Waals surface area contributed by atoms with Gasteiger partial charge in [0.25, 0.3) is 0 Å². The molecule has 14 heavy (non-hydrogen) atoms. The van der Waals surface area contributed by atoms with E-state index in [0.717, 1.165) is 16.5 Å². The highest BCUT2D eigenvalue weighted by molar-refractivity contribution is 8.03. The number of methoxy groups -OCH3 is 1. The van der Waals surface area contributed by atoms with Crippen LogP contribution in [0.25, 0.3) is 0 Å². The van der Waals surface area contributed by atoms with Crippen molar-refractivity contribution in [3.05, 3.63) is 36.1 Å². The highest BCUT2D eigenvalue weighted by Gasteiger charge is 2.02. The lowest BCUT2D eigenvalue weighted by Crippen LogP contribution is -1.90. The van der Waals surface area contributed by atoms with E-state index >= 15 is 0 Å². The van der Waals surface area contributed by atoms with Crippen LogP contribution in [0, 0.1) is 0 Å². The molecule has 0 atom stereocenters. The van der Waals surface area contributed by atoms with Gasteiger partial charge in [0.15, 0.2) is 0 Å². The Balaban J connectivity index is 4.85. The number of hydrogen-bond donors (Lipinski definition) is 0. The highest BCUT2D eigenvalue weighted by Crippen LogP contribution is 2.22. The molecule has 0 aromatic carbocycles. The van der Waals surface area contributed by atoms with Gasteiger partial charge in [-0.1, -0.05) is 24.4 Å². The maximum atomic E-state index is 5.16. The van der Waals surface area contributed by atoms with E-state index < -0.39 is 0 Å². The molecule has 0 aliphatic rings. The van der Waals surface area contributed by atoms with Crippen molar-refractivity contribution in [1.82, 2.24) is 0 Å². The lowest BCUT2D eigenvalue weighted by Gasteiger charge is -2.06. The van der Waals surface area contributed by atoms with E-state index in [4.69, 9.17) is 4.74 Å². The molecular formula is C11H17NOS. The van der Waals surface area contributed by atoms with Crippen LogP contribution in [0.15, 0.2) is 41.1 Å². The summed E-state index contributed by atoms with van der Waals surface area (Å²) in [6.07, 6.45) is 3.50. The molecule has 0 N–H and O–H groups in total. The van der Waals surface area contributed by atoms with Crippen LogP contribution in [-0.2, 0) is 4.74 Å². The molecule has 0 spiro atoms. The van der Waals surface area contributed by atoms with Crippen molar-refractivity contribution in [1.29, 1.82) is 0 Å². The summed E-state index contributed by atoms with van der Waals surface area (Å²) in [6.45, 7) is 11.2. The molecule has 3 heteroatoms. The smallest absolute Gasteiger partial charge is 0.150 e. The van der Waals surface area contributed by atoms with Crippen molar-refractivity contribution in [2.24, 2.45) is 4.99 Å². The second-order valence-electron chi connectivity index (χ2n) is 2.74. The normalized spacial score (nSPS) is 11.4. The topological polar surface area (TPSA) is 21.6 Å². The monoisotopic (exact) mass is 211 g/mol. The largest absolute Gasteiger partial charge is 0.494 e. The summed E-state index contributed by atoms with van der Waals surface area (Å²) in [6, 6.07) is 0. The average molecular weight is 211 g/mol. The van der Waals surface area contributed by atoms with Gasteiger partial charge in [-0.25, -0.2) is 4.99 Å². The Morgan fingerprint density at radius 1 is 1.43 bits per heavy atom. The second-order valence-corrected chi connectivity index (χ2v) is 3.75. The third-order valence-corrected chi connectivity index (χ3v) is 2.25. The summed E-state index contributed by atoms with van der Waals surface area (Å²) < 4.78 is 5.16. The summed E-state index contributed by atoms with van der Waals surface area (Å²) in [5.41, 5.74) is 0.993. The van der Waals surface area contributed by atoms with Gasteiger partial charge < -0.3 is 4.74 Å². The van der Waals surface area contributed by atoms with Crippen molar-refractivity contribution in [2.75, 3.05) is 12.9 Å².